The van der Waals surface area contributed by atoms with Gasteiger partial charge in [0.1, 0.15) is 5.69 Å². The molecular weight excluding hydrogens is 385 g/mol. The van der Waals surface area contributed by atoms with E-state index in [1.807, 2.05) is 0 Å². The fourth-order valence-electron chi connectivity index (χ4n) is 2.41. The van der Waals surface area contributed by atoms with Crippen molar-refractivity contribution in [3.63, 3.8) is 0 Å². The van der Waals surface area contributed by atoms with Crippen molar-refractivity contribution in [2.45, 2.75) is 9.79 Å². The molecule has 0 saturated carbocycles. The molecule has 0 aliphatic heterocycles. The zero-order valence-electron chi connectivity index (χ0n) is 13.2. The van der Waals surface area contributed by atoms with Crippen LogP contribution in [0.2, 0.25) is 10.0 Å². The smallest absolute Gasteiger partial charge is 0.353 e. The number of carboxylic acid groups (broad SMARTS) is 1. The first kappa shape index (κ1) is 17.8. The van der Waals surface area contributed by atoms with Gasteiger partial charge in [0, 0.05) is 16.3 Å². The lowest BCUT2D eigenvalue weighted by atomic mass is 10.2. The maximum absolute atomic E-state index is 11.7. The molecule has 2 aromatic carbocycles. The Balaban J connectivity index is 2.18. The minimum Gasteiger partial charge on any atom is -0.493 e. The first-order chi connectivity index (χ1) is 11.9. The SMILES string of the molecule is COc1cc2[nH]c(C(=O)O)c(Sc3ccc(Cl)c(Cl)c3)c2cc1OC. The monoisotopic (exact) mass is 397 g/mol. The van der Waals surface area contributed by atoms with Gasteiger partial charge in [0.2, 0.25) is 0 Å². The van der Waals surface area contributed by atoms with Gasteiger partial charge in [-0.3, -0.25) is 0 Å². The number of aromatic carboxylic acids is 1. The van der Waals surface area contributed by atoms with Gasteiger partial charge < -0.3 is 19.6 Å². The van der Waals surface area contributed by atoms with E-state index in [0.29, 0.717) is 37.3 Å². The summed E-state index contributed by atoms with van der Waals surface area (Å²) in [5.74, 6) is -0.0297. The average Bonchev–Trinajstić information content (AvgIpc) is 2.94. The maximum Gasteiger partial charge on any atom is 0.353 e. The molecule has 5 nitrogen and oxygen atoms in total. The van der Waals surface area contributed by atoms with Crippen LogP contribution in [0.25, 0.3) is 10.9 Å². The molecule has 0 spiro atoms. The highest BCUT2D eigenvalue weighted by Gasteiger charge is 2.21. The Bertz CT molecular complexity index is 971. The Morgan fingerprint density at radius 1 is 1.08 bits per heavy atom. The van der Waals surface area contributed by atoms with E-state index in [1.54, 1.807) is 30.3 Å². The topological polar surface area (TPSA) is 71.6 Å². The van der Waals surface area contributed by atoms with Crippen LogP contribution >= 0.6 is 35.0 Å². The van der Waals surface area contributed by atoms with E-state index in [1.165, 1.54) is 26.0 Å². The van der Waals surface area contributed by atoms with Crippen LogP contribution in [0.4, 0.5) is 0 Å². The number of halogens is 2. The lowest BCUT2D eigenvalue weighted by molar-refractivity contribution is 0.0688. The normalized spacial score (nSPS) is 10.9. The molecule has 0 unspecified atom stereocenters. The van der Waals surface area contributed by atoms with Crippen LogP contribution < -0.4 is 9.47 Å². The lowest BCUT2D eigenvalue weighted by Crippen LogP contribution is -1.97. The number of hydrogen-bond donors (Lipinski definition) is 2. The maximum atomic E-state index is 11.7. The first-order valence-electron chi connectivity index (χ1n) is 7.08. The van der Waals surface area contributed by atoms with E-state index in [2.05, 4.69) is 4.98 Å². The number of ether oxygens (including phenoxy) is 2. The summed E-state index contributed by atoms with van der Waals surface area (Å²) < 4.78 is 10.6. The molecular formula is C17H13Cl2NO4S. The third-order valence-electron chi connectivity index (χ3n) is 3.58. The van der Waals surface area contributed by atoms with Crippen molar-refractivity contribution in [2.75, 3.05) is 14.2 Å². The molecule has 3 aromatic rings. The molecule has 2 N–H and O–H groups in total. The van der Waals surface area contributed by atoms with Crippen molar-refractivity contribution in [2.24, 2.45) is 0 Å². The fourth-order valence-corrected chi connectivity index (χ4v) is 3.84. The number of methoxy groups -OCH3 is 2. The minimum absolute atomic E-state index is 0.0846. The van der Waals surface area contributed by atoms with Crippen molar-refractivity contribution in [1.29, 1.82) is 0 Å². The number of benzene rings is 2. The van der Waals surface area contributed by atoms with Gasteiger partial charge in [-0.25, -0.2) is 4.79 Å². The Hall–Kier alpha value is -2.02. The molecule has 3 rings (SSSR count). The molecule has 130 valence electrons. The molecule has 0 atom stereocenters. The zero-order chi connectivity index (χ0) is 18.1. The van der Waals surface area contributed by atoms with Crippen LogP contribution in [0.3, 0.4) is 0 Å². The van der Waals surface area contributed by atoms with Crippen molar-refractivity contribution in [1.82, 2.24) is 4.98 Å². The van der Waals surface area contributed by atoms with Gasteiger partial charge in [-0.15, -0.1) is 0 Å². The second-order valence-electron chi connectivity index (χ2n) is 5.07. The number of carboxylic acids is 1. The van der Waals surface area contributed by atoms with E-state index < -0.39 is 5.97 Å². The molecule has 8 heteroatoms. The van der Waals surface area contributed by atoms with E-state index in [9.17, 15) is 9.90 Å². The van der Waals surface area contributed by atoms with Crippen molar-refractivity contribution in [3.8, 4) is 11.5 Å². The van der Waals surface area contributed by atoms with Crippen LogP contribution in [0.5, 0.6) is 11.5 Å². The average molecular weight is 398 g/mol. The summed E-state index contributed by atoms with van der Waals surface area (Å²) in [6, 6.07) is 8.60. The Morgan fingerprint density at radius 2 is 1.76 bits per heavy atom. The van der Waals surface area contributed by atoms with E-state index in [4.69, 9.17) is 32.7 Å². The molecule has 0 aliphatic rings. The Labute approximate surface area is 157 Å². The molecule has 0 saturated heterocycles. The van der Waals surface area contributed by atoms with Gasteiger partial charge in [0.05, 0.1) is 34.7 Å². The predicted molar refractivity (Wildman–Crippen MR) is 98.9 cm³/mol. The Morgan fingerprint density at radius 3 is 2.36 bits per heavy atom. The molecule has 0 radical (unpaired) electrons. The van der Waals surface area contributed by atoms with Crippen molar-refractivity contribution >= 4 is 51.8 Å². The molecule has 0 amide bonds. The summed E-state index contributed by atoms with van der Waals surface area (Å²) in [5, 5.41) is 11.1. The van der Waals surface area contributed by atoms with Crippen LogP contribution in [-0.4, -0.2) is 30.3 Å². The van der Waals surface area contributed by atoms with Gasteiger partial charge in [-0.05, 0) is 24.3 Å². The summed E-state index contributed by atoms with van der Waals surface area (Å²) in [6.07, 6.45) is 0. The lowest BCUT2D eigenvalue weighted by Gasteiger charge is -2.08. The van der Waals surface area contributed by atoms with Crippen LogP contribution in [0.15, 0.2) is 40.1 Å². The predicted octanol–water partition coefficient (Wildman–Crippen LogP) is 5.34. The second kappa shape index (κ2) is 7.07. The summed E-state index contributed by atoms with van der Waals surface area (Å²) in [7, 11) is 3.05. The van der Waals surface area contributed by atoms with E-state index in [0.717, 1.165) is 4.90 Å². The van der Waals surface area contributed by atoms with Crippen LogP contribution in [-0.2, 0) is 0 Å². The second-order valence-corrected chi connectivity index (χ2v) is 6.96. The van der Waals surface area contributed by atoms with Crippen molar-refractivity contribution < 1.29 is 19.4 Å². The number of aromatic amines is 1. The number of carbonyl (C=O) groups is 1. The number of aromatic nitrogens is 1. The molecule has 0 bridgehead atoms. The third kappa shape index (κ3) is 3.38. The summed E-state index contributed by atoms with van der Waals surface area (Å²) in [5.41, 5.74) is 0.721. The first-order valence-corrected chi connectivity index (χ1v) is 8.65. The number of hydrogen-bond acceptors (Lipinski definition) is 4. The van der Waals surface area contributed by atoms with E-state index >= 15 is 0 Å². The van der Waals surface area contributed by atoms with Gasteiger partial charge in [0.25, 0.3) is 0 Å². The minimum atomic E-state index is -1.06. The van der Waals surface area contributed by atoms with Gasteiger partial charge in [-0.2, -0.15) is 0 Å². The van der Waals surface area contributed by atoms with Crippen molar-refractivity contribution in [3.05, 3.63) is 46.1 Å². The highest BCUT2D eigenvalue weighted by atomic mass is 35.5. The van der Waals surface area contributed by atoms with Crippen LogP contribution in [0.1, 0.15) is 10.5 Å². The standard InChI is InChI=1S/C17H13Cl2NO4S/c1-23-13-6-9-12(7-14(13)24-2)20-15(17(21)22)16(9)25-8-3-4-10(18)11(19)5-8/h3-7,20H,1-2H3,(H,21,22). The number of rotatable bonds is 5. The molecule has 25 heavy (non-hydrogen) atoms. The number of nitrogens with one attached hydrogen (secondary N) is 1. The Kier molecular flexibility index (Phi) is 5.03. The van der Waals surface area contributed by atoms with Gasteiger partial charge >= 0.3 is 5.97 Å². The number of H-pyrrole nitrogens is 1. The molecule has 1 heterocycles. The third-order valence-corrected chi connectivity index (χ3v) is 5.44. The molecule has 0 aliphatic carbocycles. The summed E-state index contributed by atoms with van der Waals surface area (Å²) in [4.78, 5) is 15.9. The zero-order valence-corrected chi connectivity index (χ0v) is 15.6. The summed E-state index contributed by atoms with van der Waals surface area (Å²) in [6.45, 7) is 0. The highest BCUT2D eigenvalue weighted by molar-refractivity contribution is 7.99. The van der Waals surface area contributed by atoms with Crippen LogP contribution in [0, 0.1) is 0 Å². The van der Waals surface area contributed by atoms with Gasteiger partial charge in [0.15, 0.2) is 11.5 Å². The quantitative estimate of drug-likeness (QED) is 0.607. The highest BCUT2D eigenvalue weighted by Crippen LogP contribution is 2.42. The number of fused-ring (bicyclic) bond motifs is 1. The fraction of sp³-hybridized carbons (Fsp3) is 0.118. The van der Waals surface area contributed by atoms with E-state index in [-0.39, 0.29) is 5.69 Å². The molecule has 1 aromatic heterocycles. The van der Waals surface area contributed by atoms with Gasteiger partial charge in [-0.1, -0.05) is 35.0 Å². The summed E-state index contributed by atoms with van der Waals surface area (Å²) >= 11 is 13.3. The molecule has 0 fully saturated rings. The largest absolute Gasteiger partial charge is 0.493 e.